The predicted octanol–water partition coefficient (Wildman–Crippen LogP) is -0.392. The van der Waals surface area contributed by atoms with E-state index in [9.17, 15) is 19.8 Å². The molecule has 7 nitrogen and oxygen atoms in total. The second kappa shape index (κ2) is 7.49. The Hall–Kier alpha value is -2.28. The van der Waals surface area contributed by atoms with E-state index in [1.165, 1.54) is 12.1 Å². The van der Waals surface area contributed by atoms with Gasteiger partial charge < -0.3 is 26.6 Å². The maximum atomic E-state index is 11.9. The van der Waals surface area contributed by atoms with Crippen molar-refractivity contribution in [3.8, 4) is 11.5 Å². The molecular weight excluding hydrogens is 274 g/mol. The smallest absolute Gasteiger partial charge is 0.242 e. The number of rotatable bonds is 6. The first-order chi connectivity index (χ1) is 9.85. The third-order valence-electron chi connectivity index (χ3n) is 2.94. The molecule has 21 heavy (non-hydrogen) atoms. The Bertz CT molecular complexity index is 519. The zero-order chi connectivity index (χ0) is 16.0. The van der Waals surface area contributed by atoms with Gasteiger partial charge in [-0.05, 0) is 38.0 Å². The first kappa shape index (κ1) is 16.8. The molecule has 0 fully saturated rings. The lowest BCUT2D eigenvalue weighted by Gasteiger charge is -2.17. The van der Waals surface area contributed by atoms with Gasteiger partial charge in [0.2, 0.25) is 11.8 Å². The number of benzene rings is 1. The fourth-order valence-corrected chi connectivity index (χ4v) is 1.76. The normalized spacial score (nSPS) is 13.3. The number of aromatic hydroxyl groups is 2. The fraction of sp³-hybridized carbons (Fsp3) is 0.429. The number of carbonyl (C=O) groups excluding carboxylic acids is 2. The van der Waals surface area contributed by atoms with E-state index >= 15 is 0 Å². The Morgan fingerprint density at radius 2 is 1.90 bits per heavy atom. The van der Waals surface area contributed by atoms with Crippen molar-refractivity contribution < 1.29 is 19.8 Å². The maximum Gasteiger partial charge on any atom is 0.242 e. The number of hydrogen-bond acceptors (Lipinski definition) is 5. The summed E-state index contributed by atoms with van der Waals surface area (Å²) in [5, 5.41) is 23.7. The summed E-state index contributed by atoms with van der Waals surface area (Å²) < 4.78 is 0. The first-order valence-electron chi connectivity index (χ1n) is 6.69. The molecule has 0 heterocycles. The van der Waals surface area contributed by atoms with E-state index in [-0.39, 0.29) is 23.8 Å². The van der Waals surface area contributed by atoms with Crippen molar-refractivity contribution in [2.75, 3.05) is 6.54 Å². The van der Waals surface area contributed by atoms with Crippen LogP contribution in [0, 0.1) is 0 Å². The molecule has 2 amide bonds. The van der Waals surface area contributed by atoms with Crippen LogP contribution in [0.25, 0.3) is 0 Å². The van der Waals surface area contributed by atoms with Crippen LogP contribution >= 0.6 is 0 Å². The predicted molar refractivity (Wildman–Crippen MR) is 77.7 cm³/mol. The van der Waals surface area contributed by atoms with Gasteiger partial charge >= 0.3 is 0 Å². The Kier molecular flexibility index (Phi) is 5.98. The Morgan fingerprint density at radius 3 is 2.48 bits per heavy atom. The van der Waals surface area contributed by atoms with Crippen molar-refractivity contribution >= 4 is 11.8 Å². The van der Waals surface area contributed by atoms with Crippen LogP contribution in [0.2, 0.25) is 0 Å². The minimum absolute atomic E-state index is 0.182. The number of hydrogen-bond donors (Lipinski definition) is 5. The molecule has 2 atom stereocenters. The molecule has 1 aromatic rings. The largest absolute Gasteiger partial charge is 0.504 e. The highest BCUT2D eigenvalue weighted by molar-refractivity contribution is 5.89. The van der Waals surface area contributed by atoms with E-state index in [1.807, 2.05) is 0 Å². The van der Waals surface area contributed by atoms with Gasteiger partial charge in [-0.15, -0.1) is 0 Å². The number of amides is 2. The van der Waals surface area contributed by atoms with Gasteiger partial charge in [0.05, 0.1) is 6.04 Å². The van der Waals surface area contributed by atoms with Gasteiger partial charge in [-0.25, -0.2) is 0 Å². The maximum absolute atomic E-state index is 11.9. The molecule has 0 aliphatic carbocycles. The first-order valence-corrected chi connectivity index (χ1v) is 6.69. The molecular formula is C14H21N3O4. The molecule has 0 radical (unpaired) electrons. The highest BCUT2D eigenvalue weighted by Gasteiger charge is 2.20. The van der Waals surface area contributed by atoms with Crippen LogP contribution in [0.5, 0.6) is 11.5 Å². The monoisotopic (exact) mass is 295 g/mol. The third kappa shape index (κ3) is 4.96. The molecule has 0 spiro atoms. The molecule has 1 aromatic carbocycles. The van der Waals surface area contributed by atoms with Gasteiger partial charge in [0.1, 0.15) is 6.04 Å². The summed E-state index contributed by atoms with van der Waals surface area (Å²) in [6, 6.07) is 2.71. The molecule has 7 heteroatoms. The molecule has 1 unspecified atom stereocenters. The van der Waals surface area contributed by atoms with Gasteiger partial charge in [0.15, 0.2) is 11.5 Å². The summed E-state index contributed by atoms with van der Waals surface area (Å²) >= 11 is 0. The van der Waals surface area contributed by atoms with Crippen LogP contribution in [0.15, 0.2) is 18.2 Å². The summed E-state index contributed by atoms with van der Waals surface area (Å²) in [7, 11) is 0. The van der Waals surface area contributed by atoms with Crippen LogP contribution in [0.3, 0.4) is 0 Å². The van der Waals surface area contributed by atoms with Crippen molar-refractivity contribution in [3.05, 3.63) is 23.8 Å². The molecule has 0 aliphatic heterocycles. The number of phenolic OH excluding ortho intramolecular Hbond substituents is 2. The van der Waals surface area contributed by atoms with Crippen LogP contribution in [0.1, 0.15) is 19.4 Å². The van der Waals surface area contributed by atoms with Crippen LogP contribution < -0.4 is 16.4 Å². The summed E-state index contributed by atoms with van der Waals surface area (Å²) in [6.07, 6.45) is 0.182. The Balaban J connectivity index is 2.58. The van der Waals surface area contributed by atoms with Crippen LogP contribution in [-0.4, -0.2) is 40.7 Å². The summed E-state index contributed by atoms with van der Waals surface area (Å²) in [6.45, 7) is 3.84. The van der Waals surface area contributed by atoms with E-state index in [1.54, 1.807) is 19.9 Å². The fourth-order valence-electron chi connectivity index (χ4n) is 1.76. The van der Waals surface area contributed by atoms with E-state index < -0.39 is 18.0 Å². The SMILES string of the molecule is CCNC(=O)C(C)NC(=O)[C@@H](N)Cc1ccc(O)c(O)c1. The Labute approximate surface area is 123 Å². The molecule has 0 saturated carbocycles. The molecule has 0 aliphatic rings. The summed E-state index contributed by atoms with van der Waals surface area (Å²) in [5.74, 6) is -1.24. The minimum Gasteiger partial charge on any atom is -0.504 e. The van der Waals surface area contributed by atoms with Gasteiger partial charge in [0, 0.05) is 6.54 Å². The van der Waals surface area contributed by atoms with Crippen molar-refractivity contribution in [2.45, 2.75) is 32.4 Å². The molecule has 0 saturated heterocycles. The standard InChI is InChI=1S/C14H21N3O4/c1-3-16-13(20)8(2)17-14(21)10(15)6-9-4-5-11(18)12(19)7-9/h4-5,7-8,10,18-19H,3,6,15H2,1-2H3,(H,16,20)(H,17,21)/t8?,10-/m0/s1. The molecule has 6 N–H and O–H groups in total. The third-order valence-corrected chi connectivity index (χ3v) is 2.94. The molecule has 1 rings (SSSR count). The molecule has 116 valence electrons. The average molecular weight is 295 g/mol. The van der Waals surface area contributed by atoms with E-state index in [2.05, 4.69) is 10.6 Å². The number of likely N-dealkylation sites (N-methyl/N-ethyl adjacent to an activating group) is 1. The van der Waals surface area contributed by atoms with Gasteiger partial charge in [-0.3, -0.25) is 9.59 Å². The van der Waals surface area contributed by atoms with E-state index in [0.29, 0.717) is 12.1 Å². The summed E-state index contributed by atoms with van der Waals surface area (Å²) in [5.41, 5.74) is 6.38. The number of nitrogens with two attached hydrogens (primary N) is 1. The molecule has 0 bridgehead atoms. The van der Waals surface area contributed by atoms with Gasteiger partial charge in [-0.1, -0.05) is 6.07 Å². The lowest BCUT2D eigenvalue weighted by molar-refractivity contribution is -0.129. The Morgan fingerprint density at radius 1 is 1.24 bits per heavy atom. The minimum atomic E-state index is -0.856. The number of nitrogens with one attached hydrogen (secondary N) is 2. The number of carbonyl (C=O) groups is 2. The van der Waals surface area contributed by atoms with Crippen molar-refractivity contribution in [1.29, 1.82) is 0 Å². The zero-order valence-corrected chi connectivity index (χ0v) is 12.1. The van der Waals surface area contributed by atoms with Gasteiger partial charge in [0.25, 0.3) is 0 Å². The van der Waals surface area contributed by atoms with Crippen molar-refractivity contribution in [3.63, 3.8) is 0 Å². The zero-order valence-electron chi connectivity index (χ0n) is 12.1. The highest BCUT2D eigenvalue weighted by Crippen LogP contribution is 2.25. The van der Waals surface area contributed by atoms with Crippen LogP contribution in [-0.2, 0) is 16.0 Å². The lowest BCUT2D eigenvalue weighted by atomic mass is 10.0. The lowest BCUT2D eigenvalue weighted by Crippen LogP contribution is -2.50. The number of phenols is 2. The van der Waals surface area contributed by atoms with Crippen molar-refractivity contribution in [2.24, 2.45) is 5.73 Å². The summed E-state index contributed by atoms with van der Waals surface area (Å²) in [4.78, 5) is 23.4. The quantitative estimate of drug-likeness (QED) is 0.457. The topological polar surface area (TPSA) is 125 Å². The van der Waals surface area contributed by atoms with Crippen molar-refractivity contribution in [1.82, 2.24) is 10.6 Å². The van der Waals surface area contributed by atoms with Gasteiger partial charge in [-0.2, -0.15) is 0 Å². The highest BCUT2D eigenvalue weighted by atomic mass is 16.3. The van der Waals surface area contributed by atoms with E-state index in [4.69, 9.17) is 5.73 Å². The second-order valence-corrected chi connectivity index (χ2v) is 4.76. The average Bonchev–Trinajstić information content (AvgIpc) is 2.43. The molecule has 0 aromatic heterocycles. The second-order valence-electron chi connectivity index (χ2n) is 4.76. The van der Waals surface area contributed by atoms with E-state index in [0.717, 1.165) is 0 Å². The van der Waals surface area contributed by atoms with Crippen LogP contribution in [0.4, 0.5) is 0 Å².